The number of fused-ring (bicyclic) bond motifs is 2. The van der Waals surface area contributed by atoms with Gasteiger partial charge in [-0.1, -0.05) is 50.5 Å². The van der Waals surface area contributed by atoms with Crippen molar-refractivity contribution in [3.63, 3.8) is 0 Å². The number of benzene rings is 5. The van der Waals surface area contributed by atoms with E-state index in [2.05, 4.69) is 6.92 Å². The third-order valence-corrected chi connectivity index (χ3v) is 8.36. The summed E-state index contributed by atoms with van der Waals surface area (Å²) in [7, 11) is 0. The standard InChI is InChI=1S/C32H26N2O4/c1-3-5-6-7-16-34-31(37)23-14-10-19-17-8-12-21-27-22(30(36)33(4-2)29(21)35)13-9-18(25(17)27)20-11-15-24(32(34)38)28(23)26(19)20/h8-15H,3-7,16H2,1-2H3. The first-order valence-corrected chi connectivity index (χ1v) is 13.4. The molecule has 0 unspecified atom stereocenters. The number of carbonyl (C=O) groups is 4. The van der Waals surface area contributed by atoms with Gasteiger partial charge in [0, 0.05) is 46.1 Å². The second-order valence-corrected chi connectivity index (χ2v) is 10.3. The first-order valence-electron chi connectivity index (χ1n) is 13.4. The monoisotopic (exact) mass is 502 g/mol. The predicted molar refractivity (Wildman–Crippen MR) is 148 cm³/mol. The molecule has 38 heavy (non-hydrogen) atoms. The summed E-state index contributed by atoms with van der Waals surface area (Å²) >= 11 is 0. The van der Waals surface area contributed by atoms with Gasteiger partial charge >= 0.3 is 0 Å². The van der Waals surface area contributed by atoms with Crippen LogP contribution in [0.2, 0.25) is 0 Å². The van der Waals surface area contributed by atoms with E-state index in [1.54, 1.807) is 19.1 Å². The number of amides is 4. The van der Waals surface area contributed by atoms with E-state index in [-0.39, 0.29) is 23.6 Å². The predicted octanol–water partition coefficient (Wildman–Crippen LogP) is 6.53. The molecule has 2 aliphatic rings. The van der Waals surface area contributed by atoms with Gasteiger partial charge in [0.1, 0.15) is 0 Å². The van der Waals surface area contributed by atoms with E-state index < -0.39 is 0 Å². The Kier molecular flexibility index (Phi) is 4.86. The third kappa shape index (κ3) is 2.77. The van der Waals surface area contributed by atoms with Crippen molar-refractivity contribution < 1.29 is 19.2 Å². The minimum atomic E-state index is -0.278. The lowest BCUT2D eigenvalue weighted by Crippen LogP contribution is -2.41. The molecule has 2 aliphatic heterocycles. The van der Waals surface area contributed by atoms with Crippen molar-refractivity contribution in [2.75, 3.05) is 13.1 Å². The molecule has 0 N–H and O–H groups in total. The Labute approximate surface area is 219 Å². The Morgan fingerprint density at radius 3 is 1.24 bits per heavy atom. The summed E-state index contributed by atoms with van der Waals surface area (Å²) in [6.07, 6.45) is 3.95. The molecule has 7 rings (SSSR count). The molecule has 0 fully saturated rings. The fraction of sp³-hybridized carbons (Fsp3) is 0.250. The number of imide groups is 2. The van der Waals surface area contributed by atoms with E-state index in [0.717, 1.165) is 58.0 Å². The van der Waals surface area contributed by atoms with Crippen molar-refractivity contribution in [3.05, 3.63) is 70.8 Å². The third-order valence-electron chi connectivity index (χ3n) is 8.36. The summed E-state index contributed by atoms with van der Waals surface area (Å²) in [6.45, 7) is 4.67. The fourth-order valence-corrected chi connectivity index (χ4v) is 6.55. The summed E-state index contributed by atoms with van der Waals surface area (Å²) in [4.78, 5) is 56.1. The Bertz CT molecular complexity index is 1770. The van der Waals surface area contributed by atoms with Crippen molar-refractivity contribution in [3.8, 4) is 0 Å². The summed E-state index contributed by atoms with van der Waals surface area (Å²) in [5, 5.41) is 6.77. The van der Waals surface area contributed by atoms with Gasteiger partial charge in [0.05, 0.1) is 0 Å². The molecular weight excluding hydrogens is 476 g/mol. The molecule has 6 nitrogen and oxygen atoms in total. The zero-order valence-corrected chi connectivity index (χ0v) is 21.4. The maximum absolute atomic E-state index is 13.5. The van der Waals surface area contributed by atoms with Gasteiger partial charge in [0.25, 0.3) is 23.6 Å². The molecule has 5 aromatic carbocycles. The van der Waals surface area contributed by atoms with Gasteiger partial charge in [0.15, 0.2) is 0 Å². The molecule has 0 saturated heterocycles. The largest absolute Gasteiger partial charge is 0.275 e. The van der Waals surface area contributed by atoms with Crippen LogP contribution in [0, 0.1) is 0 Å². The number of nitrogens with zero attached hydrogens (tertiary/aromatic N) is 2. The van der Waals surface area contributed by atoms with Crippen LogP contribution in [0.1, 0.15) is 81.0 Å². The van der Waals surface area contributed by atoms with Crippen molar-refractivity contribution >= 4 is 66.7 Å². The number of hydrogen-bond donors (Lipinski definition) is 0. The van der Waals surface area contributed by atoms with Crippen molar-refractivity contribution in [2.24, 2.45) is 0 Å². The maximum atomic E-state index is 13.5. The summed E-state index contributed by atoms with van der Waals surface area (Å²) in [5.74, 6) is -1.04. The normalized spacial score (nSPS) is 15.3. The van der Waals surface area contributed by atoms with Gasteiger partial charge in [-0.2, -0.15) is 0 Å². The molecule has 6 heteroatoms. The quantitative estimate of drug-likeness (QED) is 0.115. The van der Waals surface area contributed by atoms with E-state index in [4.69, 9.17) is 0 Å². The number of unbranched alkanes of at least 4 members (excludes halogenated alkanes) is 3. The van der Waals surface area contributed by atoms with Crippen LogP contribution in [0.3, 0.4) is 0 Å². The number of hydrogen-bond acceptors (Lipinski definition) is 4. The number of carbonyl (C=O) groups excluding carboxylic acids is 4. The highest BCUT2D eigenvalue weighted by atomic mass is 16.2. The molecule has 188 valence electrons. The van der Waals surface area contributed by atoms with Crippen LogP contribution in [0.15, 0.2) is 48.5 Å². The SMILES string of the molecule is CCCCCCN1C(=O)c2ccc3c4ccc5c6c(ccc(c7ccc(c2c37)C1=O)c64)C(=O)N(CC)C5=O. The Balaban J connectivity index is 1.51. The van der Waals surface area contributed by atoms with Crippen LogP contribution < -0.4 is 0 Å². The van der Waals surface area contributed by atoms with Crippen LogP contribution in [0.4, 0.5) is 0 Å². The second-order valence-electron chi connectivity index (χ2n) is 10.3. The van der Waals surface area contributed by atoms with Gasteiger partial charge in [-0.25, -0.2) is 0 Å². The Hall–Kier alpha value is -4.32. The molecule has 0 saturated carbocycles. The Morgan fingerprint density at radius 2 is 0.868 bits per heavy atom. The van der Waals surface area contributed by atoms with E-state index >= 15 is 0 Å². The van der Waals surface area contributed by atoms with E-state index in [9.17, 15) is 19.2 Å². The smallest absolute Gasteiger partial charge is 0.261 e. The molecule has 0 atom stereocenters. The van der Waals surface area contributed by atoms with Gasteiger partial charge < -0.3 is 0 Å². The molecule has 2 heterocycles. The fourth-order valence-electron chi connectivity index (χ4n) is 6.55. The molecule has 0 spiro atoms. The van der Waals surface area contributed by atoms with Crippen LogP contribution in [0.5, 0.6) is 0 Å². The highest BCUT2D eigenvalue weighted by Crippen LogP contribution is 2.46. The molecule has 5 aromatic rings. The number of rotatable bonds is 6. The minimum absolute atomic E-state index is 0.241. The van der Waals surface area contributed by atoms with Crippen LogP contribution >= 0.6 is 0 Å². The van der Waals surface area contributed by atoms with Gasteiger partial charge in [-0.3, -0.25) is 29.0 Å². The first-order chi connectivity index (χ1) is 18.5. The van der Waals surface area contributed by atoms with E-state index in [1.807, 2.05) is 36.4 Å². The van der Waals surface area contributed by atoms with Crippen molar-refractivity contribution in [1.82, 2.24) is 9.80 Å². The van der Waals surface area contributed by atoms with Crippen LogP contribution in [0.25, 0.3) is 43.1 Å². The topological polar surface area (TPSA) is 74.8 Å². The molecule has 0 aromatic heterocycles. The van der Waals surface area contributed by atoms with Gasteiger partial charge in [-0.05, 0) is 69.9 Å². The second kappa shape index (κ2) is 8.09. The lowest BCUT2D eigenvalue weighted by Gasteiger charge is -2.29. The van der Waals surface area contributed by atoms with E-state index in [1.165, 1.54) is 9.80 Å². The molecule has 0 radical (unpaired) electrons. The lowest BCUT2D eigenvalue weighted by molar-refractivity contribution is 0.0597. The molecule has 0 aliphatic carbocycles. The molecular formula is C32H26N2O4. The zero-order valence-electron chi connectivity index (χ0n) is 21.4. The minimum Gasteiger partial charge on any atom is -0.275 e. The average molecular weight is 503 g/mol. The van der Waals surface area contributed by atoms with E-state index in [0.29, 0.717) is 46.1 Å². The zero-order chi connectivity index (χ0) is 26.3. The van der Waals surface area contributed by atoms with Gasteiger partial charge in [-0.15, -0.1) is 0 Å². The Morgan fingerprint density at radius 1 is 0.474 bits per heavy atom. The van der Waals surface area contributed by atoms with Crippen LogP contribution in [-0.2, 0) is 0 Å². The van der Waals surface area contributed by atoms with Crippen LogP contribution in [-0.4, -0.2) is 46.5 Å². The molecule has 0 bridgehead atoms. The highest BCUT2D eigenvalue weighted by Gasteiger charge is 2.36. The van der Waals surface area contributed by atoms with Crippen molar-refractivity contribution in [2.45, 2.75) is 39.5 Å². The summed E-state index contributed by atoms with van der Waals surface area (Å²) in [5.41, 5.74) is 2.16. The summed E-state index contributed by atoms with van der Waals surface area (Å²) in [6, 6.07) is 15.0. The maximum Gasteiger partial charge on any atom is 0.261 e. The lowest BCUT2D eigenvalue weighted by atomic mass is 9.82. The van der Waals surface area contributed by atoms with Crippen molar-refractivity contribution in [1.29, 1.82) is 0 Å². The molecule has 4 amide bonds. The first kappa shape index (κ1) is 22.8. The highest BCUT2D eigenvalue weighted by molar-refractivity contribution is 6.41. The average Bonchev–Trinajstić information content (AvgIpc) is 2.93. The van der Waals surface area contributed by atoms with Gasteiger partial charge in [0.2, 0.25) is 0 Å². The summed E-state index contributed by atoms with van der Waals surface area (Å²) < 4.78 is 0.